The molecule has 3 nitrogen and oxygen atoms in total. The van der Waals surface area contributed by atoms with Crippen molar-refractivity contribution in [1.82, 2.24) is 4.98 Å². The molecule has 102 valence electrons. The molecule has 1 aromatic heterocycles. The molecule has 0 fully saturated rings. The molecule has 0 atom stereocenters. The lowest BCUT2D eigenvalue weighted by Crippen LogP contribution is -1.95. The van der Waals surface area contributed by atoms with Crippen LogP contribution in [0, 0.1) is 0 Å². The third-order valence-corrected chi connectivity index (χ3v) is 4.35. The number of benzene rings is 2. The monoisotopic (exact) mass is 324 g/mol. The second kappa shape index (κ2) is 5.48. The summed E-state index contributed by atoms with van der Waals surface area (Å²) in [6, 6.07) is 11.1. The number of aromatic nitrogens is 1. The van der Waals surface area contributed by atoms with Crippen LogP contribution in [0.15, 0.2) is 36.4 Å². The Morgan fingerprint density at radius 2 is 1.95 bits per heavy atom. The number of hydrogen-bond donors (Lipinski definition) is 1. The molecule has 0 unspecified atom stereocenters. The molecule has 6 heteroatoms. The summed E-state index contributed by atoms with van der Waals surface area (Å²) in [7, 11) is 0. The summed E-state index contributed by atoms with van der Waals surface area (Å²) in [6.07, 6.45) is 0. The van der Waals surface area contributed by atoms with E-state index in [0.717, 1.165) is 21.5 Å². The zero-order chi connectivity index (χ0) is 14.1. The van der Waals surface area contributed by atoms with Crippen molar-refractivity contribution in [3.05, 3.63) is 52.0 Å². The van der Waals surface area contributed by atoms with E-state index < -0.39 is 0 Å². The van der Waals surface area contributed by atoms with Crippen LogP contribution in [0.4, 0.5) is 5.13 Å². The number of nitrogens with zero attached hydrogens (tertiary/aromatic N) is 1. The molecule has 0 aliphatic rings. The van der Waals surface area contributed by atoms with Crippen LogP contribution in [0.25, 0.3) is 10.2 Å². The number of halogens is 2. The van der Waals surface area contributed by atoms with Crippen molar-refractivity contribution in [2.45, 2.75) is 6.61 Å². The predicted octanol–water partition coefficient (Wildman–Crippen LogP) is 4.76. The molecule has 0 aliphatic carbocycles. The van der Waals surface area contributed by atoms with Gasteiger partial charge in [0.05, 0.1) is 20.3 Å². The average Bonchev–Trinajstić information content (AvgIpc) is 2.79. The highest BCUT2D eigenvalue weighted by molar-refractivity contribution is 7.22. The molecular weight excluding hydrogens is 315 g/mol. The van der Waals surface area contributed by atoms with Crippen molar-refractivity contribution in [2.24, 2.45) is 0 Å². The summed E-state index contributed by atoms with van der Waals surface area (Å²) in [5, 5.41) is 1.62. The third-order valence-electron chi connectivity index (χ3n) is 2.77. The fourth-order valence-electron chi connectivity index (χ4n) is 1.81. The van der Waals surface area contributed by atoms with Crippen molar-refractivity contribution < 1.29 is 4.74 Å². The summed E-state index contributed by atoms with van der Waals surface area (Å²) in [4.78, 5) is 4.20. The molecule has 3 rings (SSSR count). The summed E-state index contributed by atoms with van der Waals surface area (Å²) in [5.41, 5.74) is 7.52. The highest BCUT2D eigenvalue weighted by Crippen LogP contribution is 2.28. The van der Waals surface area contributed by atoms with E-state index in [1.807, 2.05) is 24.3 Å². The second-order valence-corrected chi connectivity index (χ2v) is 6.10. The first-order valence-corrected chi connectivity index (χ1v) is 7.42. The number of hydrogen-bond acceptors (Lipinski definition) is 4. The maximum atomic E-state index is 5.97. The van der Waals surface area contributed by atoms with Crippen molar-refractivity contribution in [3.63, 3.8) is 0 Å². The van der Waals surface area contributed by atoms with E-state index >= 15 is 0 Å². The number of nitrogen functional groups attached to an aromatic ring is 1. The number of thiazole rings is 1. The minimum Gasteiger partial charge on any atom is -0.489 e. The van der Waals surface area contributed by atoms with Gasteiger partial charge in [-0.05, 0) is 35.9 Å². The van der Waals surface area contributed by atoms with Gasteiger partial charge in [-0.3, -0.25) is 0 Å². The largest absolute Gasteiger partial charge is 0.489 e. The Hall–Kier alpha value is -1.49. The first-order chi connectivity index (χ1) is 9.61. The van der Waals surface area contributed by atoms with Gasteiger partial charge in [-0.15, -0.1) is 0 Å². The van der Waals surface area contributed by atoms with E-state index in [4.69, 9.17) is 33.7 Å². The number of fused-ring (bicyclic) bond motifs is 1. The summed E-state index contributed by atoms with van der Waals surface area (Å²) in [5.74, 6) is 0.771. The fourth-order valence-corrected chi connectivity index (χ4v) is 2.89. The normalized spacial score (nSPS) is 10.9. The molecule has 2 N–H and O–H groups in total. The highest BCUT2D eigenvalue weighted by Gasteiger charge is 2.04. The summed E-state index contributed by atoms with van der Waals surface area (Å²) >= 11 is 13.3. The van der Waals surface area contributed by atoms with E-state index in [0.29, 0.717) is 21.8 Å². The van der Waals surface area contributed by atoms with Gasteiger partial charge in [0, 0.05) is 0 Å². The highest BCUT2D eigenvalue weighted by atomic mass is 35.5. The Kier molecular flexibility index (Phi) is 3.70. The van der Waals surface area contributed by atoms with Crippen LogP contribution in [0.2, 0.25) is 10.0 Å². The van der Waals surface area contributed by atoms with Crippen LogP contribution in [0.3, 0.4) is 0 Å². The van der Waals surface area contributed by atoms with Crippen LogP contribution < -0.4 is 10.5 Å². The van der Waals surface area contributed by atoms with Gasteiger partial charge in [-0.2, -0.15) is 0 Å². The van der Waals surface area contributed by atoms with Crippen LogP contribution in [0.5, 0.6) is 5.75 Å². The molecule has 0 spiro atoms. The van der Waals surface area contributed by atoms with Crippen LogP contribution in [0.1, 0.15) is 5.56 Å². The van der Waals surface area contributed by atoms with Crippen LogP contribution in [-0.4, -0.2) is 4.98 Å². The third kappa shape index (κ3) is 2.82. The van der Waals surface area contributed by atoms with Crippen molar-refractivity contribution >= 4 is 49.9 Å². The lowest BCUT2D eigenvalue weighted by atomic mass is 10.2. The molecule has 0 bridgehead atoms. The maximum Gasteiger partial charge on any atom is 0.181 e. The summed E-state index contributed by atoms with van der Waals surface area (Å²) < 4.78 is 6.75. The topological polar surface area (TPSA) is 48.1 Å². The quantitative estimate of drug-likeness (QED) is 0.755. The Labute approximate surface area is 129 Å². The minimum atomic E-state index is 0.427. The van der Waals surface area contributed by atoms with Gasteiger partial charge in [-0.1, -0.05) is 40.6 Å². The zero-order valence-corrected chi connectivity index (χ0v) is 12.6. The van der Waals surface area contributed by atoms with Gasteiger partial charge >= 0.3 is 0 Å². The Balaban J connectivity index is 1.77. The van der Waals surface area contributed by atoms with Gasteiger partial charge in [0.1, 0.15) is 12.4 Å². The van der Waals surface area contributed by atoms with Gasteiger partial charge < -0.3 is 10.5 Å². The summed E-state index contributed by atoms with van der Waals surface area (Å²) in [6.45, 7) is 0.427. The predicted molar refractivity (Wildman–Crippen MR) is 84.8 cm³/mol. The first kappa shape index (κ1) is 13.5. The van der Waals surface area contributed by atoms with E-state index in [-0.39, 0.29) is 0 Å². The smallest absolute Gasteiger partial charge is 0.181 e. The Morgan fingerprint density at radius 3 is 2.75 bits per heavy atom. The number of ether oxygens (including phenoxy) is 1. The first-order valence-electron chi connectivity index (χ1n) is 5.84. The molecule has 3 aromatic rings. The number of nitrogens with two attached hydrogens (primary N) is 1. The van der Waals surface area contributed by atoms with E-state index in [1.165, 1.54) is 11.3 Å². The molecule has 1 heterocycles. The minimum absolute atomic E-state index is 0.427. The van der Waals surface area contributed by atoms with E-state index in [9.17, 15) is 0 Å². The molecule has 0 saturated carbocycles. The average molecular weight is 325 g/mol. The standard InChI is InChI=1S/C14H10Cl2N2OS/c15-10-3-1-8(5-11(10)16)7-19-9-2-4-12-13(6-9)20-14(17)18-12/h1-6H,7H2,(H2,17,18). The van der Waals surface area contributed by atoms with Gasteiger partial charge in [0.25, 0.3) is 0 Å². The van der Waals surface area contributed by atoms with Gasteiger partial charge in [0.2, 0.25) is 0 Å². The van der Waals surface area contributed by atoms with Crippen LogP contribution >= 0.6 is 34.5 Å². The SMILES string of the molecule is Nc1nc2ccc(OCc3ccc(Cl)c(Cl)c3)cc2s1. The van der Waals surface area contributed by atoms with Gasteiger partial charge in [0.15, 0.2) is 5.13 Å². The number of rotatable bonds is 3. The fraction of sp³-hybridized carbons (Fsp3) is 0.0714. The Bertz CT molecular complexity index is 773. The molecule has 2 aromatic carbocycles. The molecule has 20 heavy (non-hydrogen) atoms. The van der Waals surface area contributed by atoms with E-state index in [1.54, 1.807) is 12.1 Å². The lowest BCUT2D eigenvalue weighted by Gasteiger charge is -2.07. The molecule has 0 aliphatic heterocycles. The van der Waals surface area contributed by atoms with Crippen molar-refractivity contribution in [1.29, 1.82) is 0 Å². The molecule has 0 saturated heterocycles. The maximum absolute atomic E-state index is 5.97. The van der Waals surface area contributed by atoms with Crippen LogP contribution in [-0.2, 0) is 6.61 Å². The number of anilines is 1. The van der Waals surface area contributed by atoms with Gasteiger partial charge in [-0.25, -0.2) is 4.98 Å². The lowest BCUT2D eigenvalue weighted by molar-refractivity contribution is 0.306. The zero-order valence-electron chi connectivity index (χ0n) is 10.3. The Morgan fingerprint density at radius 1 is 1.10 bits per heavy atom. The van der Waals surface area contributed by atoms with Crippen molar-refractivity contribution in [3.8, 4) is 5.75 Å². The molecule has 0 radical (unpaired) electrons. The molecule has 0 amide bonds. The second-order valence-electron chi connectivity index (χ2n) is 4.22. The van der Waals surface area contributed by atoms with E-state index in [2.05, 4.69) is 4.98 Å². The van der Waals surface area contributed by atoms with Crippen molar-refractivity contribution in [2.75, 3.05) is 5.73 Å². The molecular formula is C14H10Cl2N2OS.